The number of pyridine rings is 2. The van der Waals surface area contributed by atoms with Crippen molar-refractivity contribution in [2.75, 3.05) is 5.73 Å². The third-order valence-electron chi connectivity index (χ3n) is 3.43. The lowest BCUT2D eigenvalue weighted by Crippen LogP contribution is -1.94. The molecule has 110 valence electrons. The number of nitrogens with zero attached hydrogens (tertiary/aromatic N) is 2. The molecule has 3 rings (SSSR count). The first-order valence-electron chi connectivity index (χ1n) is 7.05. The molecular weight excluding hydrogens is 274 g/mol. The van der Waals surface area contributed by atoms with Crippen LogP contribution in [-0.4, -0.2) is 9.97 Å². The Balaban J connectivity index is 1.79. The highest BCUT2D eigenvalue weighted by Gasteiger charge is 2.03. The molecule has 2 aromatic heterocycles. The first kappa shape index (κ1) is 14.1. The fraction of sp³-hybridized carbons (Fsp3) is 0.111. The zero-order chi connectivity index (χ0) is 15.5. The predicted octanol–water partition coefficient (Wildman–Crippen LogP) is 4.13. The maximum absolute atomic E-state index is 5.75. The molecule has 3 aromatic rings. The number of nitrogens with two attached hydrogens (primary N) is 1. The highest BCUT2D eigenvalue weighted by Crippen LogP contribution is 2.24. The van der Waals surface area contributed by atoms with Gasteiger partial charge in [0.2, 0.25) is 5.88 Å². The fourth-order valence-electron chi connectivity index (χ4n) is 2.05. The van der Waals surface area contributed by atoms with Crippen LogP contribution in [0.25, 0.3) is 11.3 Å². The fourth-order valence-corrected chi connectivity index (χ4v) is 2.05. The first-order valence-corrected chi connectivity index (χ1v) is 7.05. The van der Waals surface area contributed by atoms with Gasteiger partial charge in [-0.15, -0.1) is 0 Å². The van der Waals surface area contributed by atoms with E-state index >= 15 is 0 Å². The van der Waals surface area contributed by atoms with Gasteiger partial charge in [0.25, 0.3) is 0 Å². The van der Waals surface area contributed by atoms with E-state index in [-0.39, 0.29) is 0 Å². The van der Waals surface area contributed by atoms with Crippen LogP contribution in [0.1, 0.15) is 11.1 Å². The van der Waals surface area contributed by atoms with Gasteiger partial charge in [-0.2, -0.15) is 0 Å². The van der Waals surface area contributed by atoms with Gasteiger partial charge in [0.1, 0.15) is 5.75 Å². The number of aromatic nitrogens is 2. The van der Waals surface area contributed by atoms with Gasteiger partial charge in [-0.1, -0.05) is 29.8 Å². The van der Waals surface area contributed by atoms with E-state index in [0.29, 0.717) is 17.3 Å². The number of hydrogen-bond donors (Lipinski definition) is 1. The molecule has 0 fully saturated rings. The van der Waals surface area contributed by atoms with E-state index in [9.17, 15) is 0 Å². The summed E-state index contributed by atoms with van der Waals surface area (Å²) in [5, 5.41) is 0. The van der Waals surface area contributed by atoms with E-state index in [1.807, 2.05) is 25.1 Å². The van der Waals surface area contributed by atoms with Crippen LogP contribution >= 0.6 is 0 Å². The topological polar surface area (TPSA) is 61.0 Å². The van der Waals surface area contributed by atoms with Crippen molar-refractivity contribution in [2.24, 2.45) is 0 Å². The summed E-state index contributed by atoms with van der Waals surface area (Å²) in [6, 6.07) is 13.9. The number of benzene rings is 1. The Bertz CT molecular complexity index is 780. The highest BCUT2D eigenvalue weighted by molar-refractivity contribution is 5.59. The molecule has 22 heavy (non-hydrogen) atoms. The summed E-state index contributed by atoms with van der Waals surface area (Å²) in [5.41, 5.74) is 10.6. The van der Waals surface area contributed by atoms with Crippen molar-refractivity contribution in [3.63, 3.8) is 0 Å². The Morgan fingerprint density at radius 3 is 2.32 bits per heavy atom. The van der Waals surface area contributed by atoms with Crippen LogP contribution in [0.5, 0.6) is 11.6 Å². The van der Waals surface area contributed by atoms with Gasteiger partial charge in [-0.3, -0.25) is 4.98 Å². The second-order valence-corrected chi connectivity index (χ2v) is 5.23. The summed E-state index contributed by atoms with van der Waals surface area (Å²) in [4.78, 5) is 8.59. The number of nitrogen functional groups attached to an aromatic ring is 1. The molecule has 0 radical (unpaired) electrons. The van der Waals surface area contributed by atoms with Crippen molar-refractivity contribution < 1.29 is 4.74 Å². The zero-order valence-electron chi connectivity index (χ0n) is 12.6. The first-order chi connectivity index (χ1) is 10.6. The Kier molecular flexibility index (Phi) is 3.74. The number of aryl methyl sites for hydroxylation is 2. The Morgan fingerprint density at radius 1 is 0.909 bits per heavy atom. The Morgan fingerprint density at radius 2 is 1.68 bits per heavy atom. The van der Waals surface area contributed by atoms with Crippen molar-refractivity contribution >= 4 is 5.69 Å². The van der Waals surface area contributed by atoms with E-state index in [0.717, 1.165) is 16.8 Å². The molecular formula is C18H17N3O. The smallest absolute Gasteiger partial charge is 0.219 e. The number of hydrogen-bond acceptors (Lipinski definition) is 4. The van der Waals surface area contributed by atoms with Crippen molar-refractivity contribution in [1.82, 2.24) is 9.97 Å². The van der Waals surface area contributed by atoms with Crippen LogP contribution < -0.4 is 10.5 Å². The monoisotopic (exact) mass is 291 g/mol. The van der Waals surface area contributed by atoms with E-state index in [4.69, 9.17) is 10.5 Å². The molecule has 2 heterocycles. The zero-order valence-corrected chi connectivity index (χ0v) is 12.6. The van der Waals surface area contributed by atoms with Gasteiger partial charge in [-0.25, -0.2) is 4.98 Å². The summed E-state index contributed by atoms with van der Waals surface area (Å²) >= 11 is 0. The molecule has 1 aromatic carbocycles. The molecule has 4 nitrogen and oxygen atoms in total. The van der Waals surface area contributed by atoms with Crippen molar-refractivity contribution in [1.29, 1.82) is 0 Å². The van der Waals surface area contributed by atoms with Gasteiger partial charge < -0.3 is 10.5 Å². The van der Waals surface area contributed by atoms with Gasteiger partial charge >= 0.3 is 0 Å². The summed E-state index contributed by atoms with van der Waals surface area (Å²) in [6.45, 7) is 3.98. The molecule has 4 heteroatoms. The molecule has 0 saturated carbocycles. The Labute approximate surface area is 129 Å². The lowest BCUT2D eigenvalue weighted by molar-refractivity contribution is 0.460. The standard InChI is InChI=1S/C18H17N3O/c1-12-3-5-14(6-4-12)17-8-7-15(10-20-17)22-18-9-13(2)16(19)11-21-18/h3-11H,19H2,1-2H3. The molecule has 0 amide bonds. The minimum absolute atomic E-state index is 0.511. The van der Waals surface area contributed by atoms with Gasteiger partial charge in [0.15, 0.2) is 0 Å². The maximum Gasteiger partial charge on any atom is 0.219 e. The number of ether oxygens (including phenoxy) is 1. The van der Waals surface area contributed by atoms with Gasteiger partial charge in [-0.05, 0) is 31.5 Å². The Hall–Kier alpha value is -2.88. The van der Waals surface area contributed by atoms with Crippen LogP contribution in [-0.2, 0) is 0 Å². The highest BCUT2D eigenvalue weighted by atomic mass is 16.5. The quantitative estimate of drug-likeness (QED) is 0.788. The van der Waals surface area contributed by atoms with Crippen LogP contribution in [0.3, 0.4) is 0 Å². The summed E-state index contributed by atoms with van der Waals surface area (Å²) < 4.78 is 5.69. The van der Waals surface area contributed by atoms with Crippen LogP contribution in [0.15, 0.2) is 54.9 Å². The van der Waals surface area contributed by atoms with Gasteiger partial charge in [0, 0.05) is 11.6 Å². The van der Waals surface area contributed by atoms with E-state index in [1.165, 1.54) is 5.56 Å². The third-order valence-corrected chi connectivity index (χ3v) is 3.43. The molecule has 0 aliphatic carbocycles. The second kappa shape index (κ2) is 5.85. The van der Waals surface area contributed by atoms with Crippen LogP contribution in [0, 0.1) is 13.8 Å². The molecule has 0 spiro atoms. The average Bonchev–Trinajstić information content (AvgIpc) is 2.53. The molecule has 2 N–H and O–H groups in total. The van der Waals surface area contributed by atoms with Crippen LogP contribution in [0.2, 0.25) is 0 Å². The third kappa shape index (κ3) is 3.06. The van der Waals surface area contributed by atoms with Crippen molar-refractivity contribution in [3.05, 3.63) is 66.0 Å². The minimum Gasteiger partial charge on any atom is -0.437 e. The summed E-state index contributed by atoms with van der Waals surface area (Å²) in [5.74, 6) is 1.16. The molecule has 0 aliphatic heterocycles. The largest absolute Gasteiger partial charge is 0.437 e. The average molecular weight is 291 g/mol. The number of rotatable bonds is 3. The summed E-state index contributed by atoms with van der Waals surface area (Å²) in [6.07, 6.45) is 3.29. The predicted molar refractivity (Wildman–Crippen MR) is 87.9 cm³/mol. The second-order valence-electron chi connectivity index (χ2n) is 5.23. The van der Waals surface area contributed by atoms with Crippen molar-refractivity contribution in [2.45, 2.75) is 13.8 Å². The molecule has 0 saturated heterocycles. The summed E-state index contributed by atoms with van der Waals surface area (Å²) in [7, 11) is 0. The normalized spacial score (nSPS) is 10.5. The van der Waals surface area contributed by atoms with E-state index in [1.54, 1.807) is 12.4 Å². The SMILES string of the molecule is Cc1ccc(-c2ccc(Oc3cc(C)c(N)cn3)cn2)cc1. The minimum atomic E-state index is 0.511. The van der Waals surface area contributed by atoms with E-state index < -0.39 is 0 Å². The molecule has 0 unspecified atom stereocenters. The number of anilines is 1. The molecule has 0 aliphatic rings. The van der Waals surface area contributed by atoms with Crippen LogP contribution in [0.4, 0.5) is 5.69 Å². The molecule has 0 atom stereocenters. The maximum atomic E-state index is 5.75. The molecule has 0 bridgehead atoms. The lowest BCUT2D eigenvalue weighted by Gasteiger charge is -2.07. The van der Waals surface area contributed by atoms with Crippen molar-refractivity contribution in [3.8, 4) is 22.9 Å². The lowest BCUT2D eigenvalue weighted by atomic mass is 10.1. The van der Waals surface area contributed by atoms with Gasteiger partial charge in [0.05, 0.1) is 23.8 Å². The van der Waals surface area contributed by atoms with E-state index in [2.05, 4.69) is 41.2 Å².